The van der Waals surface area contributed by atoms with E-state index in [-0.39, 0.29) is 34.5 Å². The van der Waals surface area contributed by atoms with E-state index in [2.05, 4.69) is 20.5 Å². The Bertz CT molecular complexity index is 1180. The first-order valence-electron chi connectivity index (χ1n) is 14.6. The third kappa shape index (κ3) is 5.76. The van der Waals surface area contributed by atoms with Gasteiger partial charge in [-0.1, -0.05) is 56.4 Å². The number of carbonyl (C=O) groups excluding carboxylic acids is 1. The summed E-state index contributed by atoms with van der Waals surface area (Å²) < 4.78 is 57.0. The van der Waals surface area contributed by atoms with Gasteiger partial charge in [-0.25, -0.2) is 32.8 Å². The molecule has 2 heterocycles. The zero-order valence-corrected chi connectivity index (χ0v) is 24.1. The van der Waals surface area contributed by atoms with Crippen LogP contribution >= 0.6 is 11.8 Å². The summed E-state index contributed by atoms with van der Waals surface area (Å²) in [5.41, 5.74) is 6.39. The average molecular weight is 583 g/mol. The van der Waals surface area contributed by atoms with Gasteiger partial charge in [0, 0.05) is 23.2 Å². The second-order valence-electron chi connectivity index (χ2n) is 12.4. The van der Waals surface area contributed by atoms with Crippen LogP contribution in [-0.4, -0.2) is 43.1 Å². The minimum absolute atomic E-state index is 0.0395. The molecule has 0 aromatic heterocycles. The van der Waals surface area contributed by atoms with E-state index in [9.17, 15) is 22.0 Å². The second kappa shape index (κ2) is 10.9. The van der Waals surface area contributed by atoms with E-state index in [0.29, 0.717) is 5.69 Å². The summed E-state index contributed by atoms with van der Waals surface area (Å²) in [6, 6.07) is 4.94. The van der Waals surface area contributed by atoms with Crippen LogP contribution in [0.4, 0.5) is 14.5 Å². The first-order chi connectivity index (χ1) is 18.7. The molecule has 7 nitrogen and oxygen atoms in total. The summed E-state index contributed by atoms with van der Waals surface area (Å²) in [5.74, 6) is 0.110. The molecule has 3 N–H and O–H groups in total. The molecule has 0 amide bonds. The van der Waals surface area contributed by atoms with Gasteiger partial charge in [0.05, 0.1) is 10.8 Å². The molecule has 3 saturated carbocycles. The molecule has 6 rings (SSSR count). The molecule has 39 heavy (non-hydrogen) atoms. The van der Waals surface area contributed by atoms with Crippen LogP contribution in [0.5, 0.6) is 0 Å². The number of halogens is 2. The minimum Gasteiger partial charge on any atom is -0.342 e. The number of Topliss-reactive ketones (excluding diaryl/α,β-unsaturated/α-hetero) is 1. The van der Waals surface area contributed by atoms with Crippen molar-refractivity contribution in [3.8, 4) is 0 Å². The summed E-state index contributed by atoms with van der Waals surface area (Å²) >= 11 is 1.11. The van der Waals surface area contributed by atoms with Gasteiger partial charge in [-0.3, -0.25) is 4.79 Å². The van der Waals surface area contributed by atoms with E-state index in [4.69, 9.17) is 0 Å². The number of hydrazine groups is 1. The van der Waals surface area contributed by atoms with Gasteiger partial charge < -0.3 is 4.90 Å². The van der Waals surface area contributed by atoms with Gasteiger partial charge in [0.1, 0.15) is 16.7 Å². The number of nitrogens with one attached hydrogen (secondary N) is 3. The molecular weight excluding hydrogens is 542 g/mol. The molecule has 3 aliphatic carbocycles. The van der Waals surface area contributed by atoms with Crippen LogP contribution in [0.1, 0.15) is 95.5 Å². The zero-order chi connectivity index (χ0) is 27.4. The fourth-order valence-electron chi connectivity index (χ4n) is 6.70. The molecule has 4 fully saturated rings. The summed E-state index contributed by atoms with van der Waals surface area (Å²) in [6.45, 7) is 1.90. The molecule has 5 aliphatic rings. The van der Waals surface area contributed by atoms with Crippen molar-refractivity contribution in [2.24, 2.45) is 11.8 Å². The third-order valence-electron chi connectivity index (χ3n) is 9.24. The highest BCUT2D eigenvalue weighted by atomic mass is 32.2. The van der Waals surface area contributed by atoms with E-state index in [1.165, 1.54) is 12.8 Å². The van der Waals surface area contributed by atoms with E-state index in [1.54, 1.807) is 12.1 Å². The van der Waals surface area contributed by atoms with Crippen molar-refractivity contribution in [1.29, 1.82) is 0 Å². The summed E-state index contributed by atoms with van der Waals surface area (Å²) in [6.07, 6.45) is 9.73. The minimum atomic E-state index is -3.77. The maximum absolute atomic E-state index is 13.9. The molecule has 11 heteroatoms. The van der Waals surface area contributed by atoms with Crippen LogP contribution in [0.25, 0.3) is 0 Å². The summed E-state index contributed by atoms with van der Waals surface area (Å²) in [4.78, 5) is 16.2. The molecule has 0 spiro atoms. The maximum Gasteiger partial charge on any atom is 0.264 e. The number of anilines is 1. The average Bonchev–Trinajstić information content (AvgIpc) is 3.77. The van der Waals surface area contributed by atoms with Crippen molar-refractivity contribution in [2.75, 3.05) is 4.90 Å². The van der Waals surface area contributed by atoms with Crippen LogP contribution in [0, 0.1) is 11.8 Å². The monoisotopic (exact) mass is 582 g/mol. The Kier molecular flexibility index (Phi) is 7.76. The molecule has 216 valence electrons. The van der Waals surface area contributed by atoms with E-state index in [0.717, 1.165) is 81.5 Å². The predicted octanol–water partition coefficient (Wildman–Crippen LogP) is 5.24. The first-order valence-corrected chi connectivity index (χ1v) is 17.0. The summed E-state index contributed by atoms with van der Waals surface area (Å²) in [5, 5.41) is -1.08. The van der Waals surface area contributed by atoms with Crippen molar-refractivity contribution in [1.82, 2.24) is 15.6 Å². The molecule has 1 aromatic rings. The van der Waals surface area contributed by atoms with Gasteiger partial charge in [-0.05, 0) is 69.1 Å². The SMILES string of the molecule is CC1(NS(=O)(=O)c2ccc3c(c2)N(C2NNC(C(F)F)S2)C(C2CCCCCCCC2)C3C(=O)C2CC2)CC1. The lowest BCUT2D eigenvalue weighted by atomic mass is 9.78. The Hall–Kier alpha value is -1.27. The number of fused-ring (bicyclic) bond motifs is 1. The van der Waals surface area contributed by atoms with Crippen molar-refractivity contribution in [3.05, 3.63) is 23.8 Å². The quantitative estimate of drug-likeness (QED) is 0.387. The predicted molar refractivity (Wildman–Crippen MR) is 149 cm³/mol. The Morgan fingerprint density at radius 3 is 2.31 bits per heavy atom. The van der Waals surface area contributed by atoms with Crippen molar-refractivity contribution in [3.63, 3.8) is 0 Å². The summed E-state index contributed by atoms with van der Waals surface area (Å²) in [7, 11) is -3.77. The van der Waals surface area contributed by atoms with Crippen LogP contribution in [0.15, 0.2) is 23.1 Å². The molecule has 0 radical (unpaired) electrons. The largest absolute Gasteiger partial charge is 0.342 e. The van der Waals surface area contributed by atoms with E-state index in [1.807, 2.05) is 13.0 Å². The van der Waals surface area contributed by atoms with Crippen molar-refractivity contribution < 1.29 is 22.0 Å². The van der Waals surface area contributed by atoms with Gasteiger partial charge in [0.25, 0.3) is 6.43 Å². The van der Waals surface area contributed by atoms with Crippen LogP contribution in [0.3, 0.4) is 0 Å². The number of hydrogen-bond acceptors (Lipinski definition) is 7. The molecule has 1 aromatic carbocycles. The van der Waals surface area contributed by atoms with E-state index < -0.39 is 32.9 Å². The Morgan fingerprint density at radius 2 is 1.72 bits per heavy atom. The second-order valence-corrected chi connectivity index (χ2v) is 15.3. The van der Waals surface area contributed by atoms with Gasteiger partial charge in [-0.2, -0.15) is 0 Å². The van der Waals surface area contributed by atoms with Crippen molar-refractivity contribution >= 4 is 33.3 Å². The first kappa shape index (κ1) is 27.9. The van der Waals surface area contributed by atoms with Gasteiger partial charge in [-0.15, -0.1) is 0 Å². The molecule has 2 aliphatic heterocycles. The molecular formula is C28H40F2N4O3S2. The number of benzene rings is 1. The lowest BCUT2D eigenvalue weighted by Crippen LogP contribution is -2.52. The number of rotatable bonds is 8. The van der Waals surface area contributed by atoms with Crippen molar-refractivity contribution in [2.45, 2.75) is 124 Å². The lowest BCUT2D eigenvalue weighted by molar-refractivity contribution is -0.122. The van der Waals surface area contributed by atoms with Gasteiger partial charge >= 0.3 is 0 Å². The highest BCUT2D eigenvalue weighted by molar-refractivity contribution is 8.00. The highest BCUT2D eigenvalue weighted by Crippen LogP contribution is 2.53. The lowest BCUT2D eigenvalue weighted by Gasteiger charge is -2.39. The third-order valence-corrected chi connectivity index (χ3v) is 12.1. The van der Waals surface area contributed by atoms with Crippen LogP contribution in [0.2, 0.25) is 0 Å². The number of alkyl halides is 2. The van der Waals surface area contributed by atoms with Crippen LogP contribution < -0.4 is 20.5 Å². The molecule has 1 saturated heterocycles. The van der Waals surface area contributed by atoms with E-state index >= 15 is 0 Å². The number of hydrogen-bond donors (Lipinski definition) is 3. The fourth-order valence-corrected chi connectivity index (χ4v) is 9.24. The molecule has 0 bridgehead atoms. The number of sulfonamides is 1. The topological polar surface area (TPSA) is 90.5 Å². The van der Waals surface area contributed by atoms with Gasteiger partial charge in [0.15, 0.2) is 0 Å². The maximum atomic E-state index is 13.9. The number of ketones is 1. The zero-order valence-electron chi connectivity index (χ0n) is 22.5. The normalized spacial score (nSPS) is 31.5. The smallest absolute Gasteiger partial charge is 0.264 e. The molecule has 4 unspecified atom stereocenters. The fraction of sp³-hybridized carbons (Fsp3) is 0.750. The number of nitrogens with zero attached hydrogens (tertiary/aromatic N) is 1. The Balaban J connectivity index is 1.43. The Morgan fingerprint density at radius 1 is 1.05 bits per heavy atom. The number of thioether (sulfide) groups is 1. The van der Waals surface area contributed by atoms with Crippen LogP contribution in [-0.2, 0) is 14.8 Å². The molecule has 4 atom stereocenters. The van der Waals surface area contributed by atoms with Gasteiger partial charge in [0.2, 0.25) is 10.0 Å². The highest BCUT2D eigenvalue weighted by Gasteiger charge is 2.53. The standard InChI is InChI=1S/C28H40F2N4O3S2/c1-28(14-15-28)33-39(36,37)19-12-13-20-21(16-19)34(27-32-31-26(38-27)25(29)30)23(22(20)24(35)18-10-11-18)17-8-6-4-2-3-5-7-9-17/h12-13,16-18,22-23,25-27,31-33H,2-11,14-15H2,1H3. The Labute approximate surface area is 234 Å². The number of carbonyl (C=O) groups is 1.